The van der Waals surface area contributed by atoms with E-state index in [4.69, 9.17) is 0 Å². The molecule has 2 aromatic carbocycles. The molecule has 32 heavy (non-hydrogen) atoms. The number of aromatic hydroxyl groups is 1. The van der Waals surface area contributed by atoms with Gasteiger partial charge < -0.3 is 14.8 Å². The van der Waals surface area contributed by atoms with Crippen LogP contribution in [-0.4, -0.2) is 20.7 Å². The number of phenolic OH excluding ortho intramolecular Hbond substituents is 1. The van der Waals surface area contributed by atoms with Gasteiger partial charge in [0.05, 0.1) is 11.4 Å². The zero-order chi connectivity index (χ0) is 23.4. The summed E-state index contributed by atoms with van der Waals surface area (Å²) in [5.74, 6) is -1.94. The van der Waals surface area contributed by atoms with Crippen molar-refractivity contribution >= 4 is 16.9 Å². The number of hydrogen-bond acceptors (Lipinski definition) is 2. The van der Waals surface area contributed by atoms with Gasteiger partial charge in [0.25, 0.3) is 0 Å². The molecular weight excluding hydrogens is 412 g/mol. The van der Waals surface area contributed by atoms with Crippen molar-refractivity contribution in [2.24, 2.45) is 11.3 Å². The molecule has 2 N–H and O–H groups in total. The molecule has 1 fully saturated rings. The van der Waals surface area contributed by atoms with E-state index < -0.39 is 11.8 Å². The number of aromatic nitrogens is 1. The summed E-state index contributed by atoms with van der Waals surface area (Å²) < 4.78 is 30.2. The van der Waals surface area contributed by atoms with Crippen LogP contribution in [0.25, 0.3) is 16.6 Å². The topological polar surface area (TPSA) is 62.5 Å². The van der Waals surface area contributed by atoms with Crippen LogP contribution in [0.5, 0.6) is 5.75 Å². The van der Waals surface area contributed by atoms with Gasteiger partial charge in [-0.05, 0) is 79.3 Å². The first-order valence-electron chi connectivity index (χ1n) is 11.1. The van der Waals surface area contributed by atoms with Crippen LogP contribution in [0.1, 0.15) is 62.8 Å². The highest BCUT2D eigenvalue weighted by molar-refractivity contribution is 5.93. The van der Waals surface area contributed by atoms with Gasteiger partial charge in [0.1, 0.15) is 17.4 Å². The number of aliphatic carboxylic acids is 1. The number of carboxylic acid groups (broad SMARTS) is 1. The molecule has 1 aliphatic carbocycles. The summed E-state index contributed by atoms with van der Waals surface area (Å²) in [4.78, 5) is 11.3. The van der Waals surface area contributed by atoms with Crippen LogP contribution in [0.3, 0.4) is 0 Å². The minimum Gasteiger partial charge on any atom is -0.507 e. The lowest BCUT2D eigenvalue weighted by molar-refractivity contribution is -0.149. The van der Waals surface area contributed by atoms with E-state index in [0.29, 0.717) is 35.7 Å². The van der Waals surface area contributed by atoms with Gasteiger partial charge in [-0.15, -0.1) is 0 Å². The number of carbonyl (C=O) groups is 1. The Morgan fingerprint density at radius 1 is 1.22 bits per heavy atom. The highest BCUT2D eigenvalue weighted by Crippen LogP contribution is 2.50. The molecule has 0 aliphatic heterocycles. The van der Waals surface area contributed by atoms with Crippen molar-refractivity contribution in [1.82, 2.24) is 4.57 Å². The summed E-state index contributed by atoms with van der Waals surface area (Å²) in [5, 5.41) is 20.6. The van der Waals surface area contributed by atoms with E-state index >= 15 is 0 Å². The number of phenols is 1. The van der Waals surface area contributed by atoms with Crippen molar-refractivity contribution in [1.29, 1.82) is 0 Å². The number of fused-ring (bicyclic) bond motifs is 1. The van der Waals surface area contributed by atoms with Gasteiger partial charge in [0.2, 0.25) is 0 Å². The van der Waals surface area contributed by atoms with Crippen LogP contribution in [-0.2, 0) is 11.2 Å². The molecule has 1 saturated carbocycles. The highest BCUT2D eigenvalue weighted by atomic mass is 19.1. The summed E-state index contributed by atoms with van der Waals surface area (Å²) in [7, 11) is 0. The Bertz CT molecular complexity index is 1210. The second-order valence-corrected chi connectivity index (χ2v) is 9.86. The summed E-state index contributed by atoms with van der Waals surface area (Å²) in [6.45, 7) is 7.88. The van der Waals surface area contributed by atoms with E-state index in [2.05, 4.69) is 6.92 Å². The number of hydrogen-bond donors (Lipinski definition) is 2. The third kappa shape index (κ3) is 3.76. The largest absolute Gasteiger partial charge is 0.507 e. The van der Waals surface area contributed by atoms with Gasteiger partial charge in [0.15, 0.2) is 0 Å². The number of rotatable bonds is 6. The normalized spacial score (nSPS) is 20.7. The number of nitrogens with zero attached hydrogens (tertiary/aromatic N) is 1. The molecule has 6 heteroatoms. The molecule has 170 valence electrons. The SMILES string of the molecule is Cc1cc(-n2c(C(C)C)c(CCC3(C)CC(C(=O)O)C3)c3c(O)cc(F)cc32)ccc1F. The van der Waals surface area contributed by atoms with Crippen LogP contribution in [0.2, 0.25) is 0 Å². The van der Waals surface area contributed by atoms with Gasteiger partial charge in [-0.1, -0.05) is 20.8 Å². The first-order chi connectivity index (χ1) is 15.0. The van der Waals surface area contributed by atoms with E-state index in [1.165, 1.54) is 12.1 Å². The Balaban J connectivity index is 1.86. The first kappa shape index (κ1) is 22.3. The maximum absolute atomic E-state index is 14.3. The molecule has 0 bridgehead atoms. The third-order valence-electron chi connectivity index (χ3n) is 6.91. The molecule has 0 unspecified atom stereocenters. The maximum Gasteiger partial charge on any atom is 0.306 e. The van der Waals surface area contributed by atoms with Crippen LogP contribution in [0, 0.1) is 29.9 Å². The van der Waals surface area contributed by atoms with E-state index in [0.717, 1.165) is 29.4 Å². The average molecular weight is 442 g/mol. The molecule has 4 rings (SSSR count). The molecule has 1 heterocycles. The minimum absolute atomic E-state index is 0.0613. The Morgan fingerprint density at radius 3 is 2.50 bits per heavy atom. The highest BCUT2D eigenvalue weighted by Gasteiger charge is 2.43. The van der Waals surface area contributed by atoms with Crippen molar-refractivity contribution in [3.05, 3.63) is 58.8 Å². The lowest BCUT2D eigenvalue weighted by Gasteiger charge is -2.43. The molecule has 0 spiro atoms. The number of carboxylic acids is 1. The summed E-state index contributed by atoms with van der Waals surface area (Å²) in [5.41, 5.74) is 3.57. The summed E-state index contributed by atoms with van der Waals surface area (Å²) >= 11 is 0. The minimum atomic E-state index is -0.748. The van der Waals surface area contributed by atoms with E-state index in [9.17, 15) is 23.8 Å². The van der Waals surface area contributed by atoms with Gasteiger partial charge in [-0.3, -0.25) is 4.79 Å². The zero-order valence-corrected chi connectivity index (χ0v) is 18.9. The van der Waals surface area contributed by atoms with Crippen molar-refractivity contribution in [3.8, 4) is 11.4 Å². The molecule has 3 aromatic rings. The van der Waals surface area contributed by atoms with Crippen LogP contribution in [0.15, 0.2) is 30.3 Å². The number of halogens is 2. The molecular formula is C26H29F2NO3. The monoisotopic (exact) mass is 441 g/mol. The molecule has 0 radical (unpaired) electrons. The molecule has 0 amide bonds. The quantitative estimate of drug-likeness (QED) is 0.460. The van der Waals surface area contributed by atoms with Crippen molar-refractivity contribution in [2.45, 2.75) is 59.3 Å². The Morgan fingerprint density at radius 2 is 1.91 bits per heavy atom. The van der Waals surface area contributed by atoms with E-state index in [1.54, 1.807) is 19.1 Å². The second-order valence-electron chi connectivity index (χ2n) is 9.86. The fraction of sp³-hybridized carbons (Fsp3) is 0.423. The van der Waals surface area contributed by atoms with Gasteiger partial charge in [-0.25, -0.2) is 8.78 Å². The molecule has 0 atom stereocenters. The fourth-order valence-corrected chi connectivity index (χ4v) is 5.30. The lowest BCUT2D eigenvalue weighted by Crippen LogP contribution is -2.39. The predicted octanol–water partition coefficient (Wildman–Crippen LogP) is 6.48. The van der Waals surface area contributed by atoms with Crippen molar-refractivity contribution in [3.63, 3.8) is 0 Å². The van der Waals surface area contributed by atoms with Gasteiger partial charge in [-0.2, -0.15) is 0 Å². The fourth-order valence-electron chi connectivity index (χ4n) is 5.30. The summed E-state index contributed by atoms with van der Waals surface area (Å²) in [6, 6.07) is 7.35. The molecule has 0 saturated heterocycles. The Kier molecular flexibility index (Phi) is 5.51. The van der Waals surface area contributed by atoms with E-state index in [-0.39, 0.29) is 28.8 Å². The smallest absolute Gasteiger partial charge is 0.306 e. The lowest BCUT2D eigenvalue weighted by atomic mass is 9.61. The Hall–Kier alpha value is -2.89. The van der Waals surface area contributed by atoms with Gasteiger partial charge in [0, 0.05) is 22.8 Å². The number of benzene rings is 2. The van der Waals surface area contributed by atoms with Crippen molar-refractivity contribution < 1.29 is 23.8 Å². The predicted molar refractivity (Wildman–Crippen MR) is 120 cm³/mol. The summed E-state index contributed by atoms with van der Waals surface area (Å²) in [6.07, 6.45) is 2.68. The van der Waals surface area contributed by atoms with Crippen LogP contribution < -0.4 is 0 Å². The van der Waals surface area contributed by atoms with Crippen LogP contribution in [0.4, 0.5) is 8.78 Å². The van der Waals surface area contributed by atoms with Crippen LogP contribution >= 0.6 is 0 Å². The average Bonchev–Trinajstić information content (AvgIpc) is 3.00. The molecule has 4 nitrogen and oxygen atoms in total. The Labute approximate surface area is 186 Å². The second kappa shape index (κ2) is 7.91. The van der Waals surface area contributed by atoms with Crippen molar-refractivity contribution in [2.75, 3.05) is 0 Å². The molecule has 1 aliphatic rings. The first-order valence-corrected chi connectivity index (χ1v) is 11.1. The molecule has 1 aromatic heterocycles. The van der Waals surface area contributed by atoms with E-state index in [1.807, 2.05) is 18.4 Å². The third-order valence-corrected chi connectivity index (χ3v) is 6.91. The number of aryl methyl sites for hydroxylation is 2. The maximum atomic E-state index is 14.3. The van der Waals surface area contributed by atoms with Gasteiger partial charge >= 0.3 is 5.97 Å². The zero-order valence-electron chi connectivity index (χ0n) is 18.9. The standard InChI is InChI=1S/C26H29F2NO3/c1-14(2)24-19(7-8-26(4)12-16(13-26)25(31)32)23-21(10-17(27)11-22(23)30)29(24)18-5-6-20(28)15(3)9-18/h5-6,9-11,14,16,30H,7-8,12-13H2,1-4H3,(H,31,32).